The molecule has 1 atom stereocenters. The van der Waals surface area contributed by atoms with Gasteiger partial charge in [-0.15, -0.1) is 0 Å². The molecule has 3 aromatic rings. The predicted molar refractivity (Wildman–Crippen MR) is 141 cm³/mol. The molecule has 0 bridgehead atoms. The molecule has 3 rings (SSSR count). The first-order chi connectivity index (χ1) is 17.7. The van der Waals surface area contributed by atoms with Crippen molar-refractivity contribution < 1.29 is 23.9 Å². The lowest BCUT2D eigenvalue weighted by Gasteiger charge is -2.15. The molecule has 1 heterocycles. The molecule has 0 radical (unpaired) electrons. The van der Waals surface area contributed by atoms with Crippen LogP contribution < -0.4 is 21.3 Å². The van der Waals surface area contributed by atoms with Crippen LogP contribution in [0.2, 0.25) is 5.02 Å². The van der Waals surface area contributed by atoms with Crippen molar-refractivity contribution in [2.24, 2.45) is 5.92 Å². The van der Waals surface area contributed by atoms with Crippen molar-refractivity contribution >= 4 is 52.4 Å². The van der Waals surface area contributed by atoms with Gasteiger partial charge in [0, 0.05) is 30.2 Å². The summed E-state index contributed by atoms with van der Waals surface area (Å²) in [6, 6.07) is 11.9. The second kappa shape index (κ2) is 12.7. The van der Waals surface area contributed by atoms with Gasteiger partial charge in [0.15, 0.2) is 0 Å². The molecule has 1 aromatic heterocycles. The summed E-state index contributed by atoms with van der Waals surface area (Å²) in [7, 11) is 0. The third-order valence-electron chi connectivity index (χ3n) is 5.46. The van der Waals surface area contributed by atoms with E-state index in [9.17, 15) is 23.9 Å². The number of benzene rings is 2. The maximum Gasteiger partial charge on any atom is 0.320 e. The number of urea groups is 1. The highest BCUT2D eigenvalue weighted by Gasteiger charge is 2.17. The van der Waals surface area contributed by atoms with Gasteiger partial charge in [0.1, 0.15) is 11.6 Å². The molecule has 0 aliphatic rings. The molecular weight excluding hydrogens is 501 g/mol. The highest BCUT2D eigenvalue weighted by atomic mass is 35.5. The van der Waals surface area contributed by atoms with Crippen LogP contribution in [0, 0.1) is 11.7 Å². The van der Waals surface area contributed by atoms with E-state index in [1.807, 2.05) is 6.92 Å². The second-order valence-electron chi connectivity index (χ2n) is 8.15. The van der Waals surface area contributed by atoms with E-state index < -0.39 is 29.6 Å². The fraction of sp³-hybridized carbons (Fsp3) is 0.231. The van der Waals surface area contributed by atoms with Crippen molar-refractivity contribution in [1.82, 2.24) is 10.3 Å². The van der Waals surface area contributed by atoms with Crippen molar-refractivity contribution in [2.45, 2.75) is 26.7 Å². The summed E-state index contributed by atoms with van der Waals surface area (Å²) in [4.78, 5) is 40.5. The number of hydrogen-bond acceptors (Lipinski definition) is 5. The first kappa shape index (κ1) is 27.4. The fourth-order valence-corrected chi connectivity index (χ4v) is 3.65. The Labute approximate surface area is 218 Å². The van der Waals surface area contributed by atoms with Crippen molar-refractivity contribution in [1.29, 1.82) is 0 Å². The summed E-state index contributed by atoms with van der Waals surface area (Å²) in [6.07, 6.45) is 2.20. The Balaban J connectivity index is 1.83. The van der Waals surface area contributed by atoms with Gasteiger partial charge in [0.05, 0.1) is 22.2 Å². The molecule has 0 aliphatic heterocycles. The van der Waals surface area contributed by atoms with Crippen molar-refractivity contribution in [3.63, 3.8) is 0 Å². The average Bonchev–Trinajstić information content (AvgIpc) is 2.86. The van der Waals surface area contributed by atoms with Gasteiger partial charge >= 0.3 is 12.0 Å². The molecule has 0 aliphatic carbocycles. The zero-order valence-corrected chi connectivity index (χ0v) is 21.0. The lowest BCUT2D eigenvalue weighted by molar-refractivity contribution is -0.141. The Morgan fingerprint density at radius 3 is 2.35 bits per heavy atom. The van der Waals surface area contributed by atoms with E-state index in [2.05, 4.69) is 26.3 Å². The van der Waals surface area contributed by atoms with Gasteiger partial charge in [-0.2, -0.15) is 0 Å². The largest absolute Gasteiger partial charge is 0.481 e. The maximum atomic E-state index is 13.6. The van der Waals surface area contributed by atoms with Crippen LogP contribution in [0.4, 0.5) is 32.1 Å². The molecule has 0 saturated carbocycles. The summed E-state index contributed by atoms with van der Waals surface area (Å²) < 4.78 is 13.6. The summed E-state index contributed by atoms with van der Waals surface area (Å²) in [5, 5.41) is 20.1. The monoisotopic (exact) mass is 527 g/mol. The number of anilines is 4. The molecule has 5 N–H and O–H groups in total. The number of aromatic nitrogens is 1. The third kappa shape index (κ3) is 7.65. The summed E-state index contributed by atoms with van der Waals surface area (Å²) in [5.74, 6) is -2.22. The van der Waals surface area contributed by atoms with Crippen molar-refractivity contribution in [3.05, 3.63) is 76.7 Å². The van der Waals surface area contributed by atoms with Gasteiger partial charge in [-0.1, -0.05) is 30.7 Å². The SMILES string of the molecule is CCNC(=O)Nc1cc(Nc2ccc(F)c(Cl)c2)c(C(=O)Nc2ccc(CC(CC)C(=O)O)cc2)cn1. The summed E-state index contributed by atoms with van der Waals surface area (Å²) in [6.45, 7) is 4.01. The Morgan fingerprint density at radius 1 is 1.03 bits per heavy atom. The fourth-order valence-electron chi connectivity index (χ4n) is 3.47. The number of rotatable bonds is 10. The number of nitrogens with zero attached hydrogens (tertiary/aromatic N) is 1. The Morgan fingerprint density at radius 2 is 1.73 bits per heavy atom. The minimum atomic E-state index is -0.847. The number of carbonyl (C=O) groups is 3. The van der Waals surface area contributed by atoms with E-state index in [0.717, 1.165) is 5.56 Å². The van der Waals surface area contributed by atoms with E-state index in [-0.39, 0.29) is 16.4 Å². The van der Waals surface area contributed by atoms with Crippen LogP contribution in [0.15, 0.2) is 54.7 Å². The quantitative estimate of drug-likeness (QED) is 0.231. The van der Waals surface area contributed by atoms with Gasteiger partial charge in [-0.25, -0.2) is 14.2 Å². The van der Waals surface area contributed by atoms with Crippen LogP contribution in [0.1, 0.15) is 36.2 Å². The number of aliphatic carboxylic acids is 1. The molecule has 11 heteroatoms. The Bertz CT molecular complexity index is 1290. The van der Waals surface area contributed by atoms with Crippen LogP contribution in [-0.2, 0) is 11.2 Å². The smallest absolute Gasteiger partial charge is 0.320 e. The van der Waals surface area contributed by atoms with E-state index in [0.29, 0.717) is 36.4 Å². The van der Waals surface area contributed by atoms with Gasteiger partial charge in [-0.05, 0) is 55.7 Å². The van der Waals surface area contributed by atoms with Crippen molar-refractivity contribution in [2.75, 3.05) is 22.5 Å². The molecule has 9 nitrogen and oxygen atoms in total. The van der Waals surface area contributed by atoms with Gasteiger partial charge in [-0.3, -0.25) is 14.9 Å². The number of pyridine rings is 1. The van der Waals surface area contributed by atoms with Crippen LogP contribution in [0.5, 0.6) is 0 Å². The van der Waals surface area contributed by atoms with E-state index in [1.54, 1.807) is 31.2 Å². The molecule has 2 aromatic carbocycles. The number of nitrogens with one attached hydrogen (secondary N) is 4. The number of carbonyl (C=O) groups excluding carboxylic acids is 2. The molecule has 3 amide bonds. The van der Waals surface area contributed by atoms with E-state index >= 15 is 0 Å². The second-order valence-corrected chi connectivity index (χ2v) is 8.56. The number of halogens is 2. The minimum Gasteiger partial charge on any atom is -0.481 e. The maximum absolute atomic E-state index is 13.6. The zero-order chi connectivity index (χ0) is 26.9. The van der Waals surface area contributed by atoms with Gasteiger partial charge in [0.25, 0.3) is 5.91 Å². The first-order valence-corrected chi connectivity index (χ1v) is 12.0. The van der Waals surface area contributed by atoms with Gasteiger partial charge in [0.2, 0.25) is 0 Å². The third-order valence-corrected chi connectivity index (χ3v) is 5.75. The highest BCUT2D eigenvalue weighted by Crippen LogP contribution is 2.27. The highest BCUT2D eigenvalue weighted by molar-refractivity contribution is 6.31. The molecular formula is C26H27ClFN5O4. The van der Waals surface area contributed by atoms with Gasteiger partial charge < -0.3 is 21.1 Å². The van der Waals surface area contributed by atoms with Crippen LogP contribution in [0.25, 0.3) is 0 Å². The van der Waals surface area contributed by atoms with Crippen LogP contribution >= 0.6 is 11.6 Å². The minimum absolute atomic E-state index is 0.0981. The summed E-state index contributed by atoms with van der Waals surface area (Å²) >= 11 is 5.89. The predicted octanol–water partition coefficient (Wildman–Crippen LogP) is 5.66. The molecule has 0 spiro atoms. The number of carboxylic acids is 1. The molecule has 194 valence electrons. The lowest BCUT2D eigenvalue weighted by atomic mass is 9.97. The van der Waals surface area contributed by atoms with Crippen molar-refractivity contribution in [3.8, 4) is 0 Å². The number of amides is 3. The Hall–Kier alpha value is -4.18. The number of hydrogen-bond donors (Lipinski definition) is 5. The first-order valence-electron chi connectivity index (χ1n) is 11.6. The molecule has 0 fully saturated rings. The van der Waals surface area contributed by atoms with E-state index in [1.165, 1.54) is 30.5 Å². The topological polar surface area (TPSA) is 132 Å². The van der Waals surface area contributed by atoms with Crippen LogP contribution in [-0.4, -0.2) is 34.5 Å². The molecule has 37 heavy (non-hydrogen) atoms. The molecule has 0 saturated heterocycles. The normalized spacial score (nSPS) is 11.4. The Kier molecular flexibility index (Phi) is 9.39. The summed E-state index contributed by atoms with van der Waals surface area (Å²) in [5.41, 5.74) is 2.21. The lowest BCUT2D eigenvalue weighted by Crippen LogP contribution is -2.28. The van der Waals surface area contributed by atoms with E-state index in [4.69, 9.17) is 11.6 Å². The number of carboxylic acid groups (broad SMARTS) is 1. The zero-order valence-electron chi connectivity index (χ0n) is 20.3. The van der Waals surface area contributed by atoms with Crippen LogP contribution in [0.3, 0.4) is 0 Å². The average molecular weight is 528 g/mol. The standard InChI is InChI=1S/C26H27ClFN5O4/c1-3-16(25(35)36)11-15-5-7-17(8-6-15)32-24(34)19-14-30-23(33-26(37)29-4-2)13-22(19)31-18-9-10-21(28)20(27)12-18/h5-10,12-14,16H,3-4,11H2,1-2H3,(H,32,34)(H,35,36)(H3,29,30,31,33,37). The molecule has 1 unspecified atom stereocenters.